The smallest absolute Gasteiger partial charge is 0.325 e. The summed E-state index contributed by atoms with van der Waals surface area (Å²) in [6.07, 6.45) is 4.33. The van der Waals surface area contributed by atoms with E-state index >= 15 is 0 Å². The van der Waals surface area contributed by atoms with Crippen LogP contribution in [0.2, 0.25) is 0 Å². The van der Waals surface area contributed by atoms with Gasteiger partial charge in [-0.1, -0.05) is 6.07 Å². The molecule has 2 rings (SSSR count). The summed E-state index contributed by atoms with van der Waals surface area (Å²) in [6.45, 7) is -0.251. The highest BCUT2D eigenvalue weighted by Gasteiger charge is 2.08. The van der Waals surface area contributed by atoms with Crippen LogP contribution in [0.3, 0.4) is 0 Å². The minimum absolute atomic E-state index is 0.251. The Morgan fingerprint density at radius 2 is 2.22 bits per heavy atom. The number of pyridine rings is 1. The number of hydrogen-bond donors (Lipinski definition) is 2. The second kappa shape index (κ2) is 5.09. The maximum Gasteiger partial charge on any atom is 0.325 e. The molecule has 7 nitrogen and oxygen atoms in total. The maximum atomic E-state index is 11.7. The molecular weight excluding hydrogens is 236 g/mol. The molecule has 0 saturated carbocycles. The van der Waals surface area contributed by atoms with Gasteiger partial charge in [0.05, 0.1) is 11.9 Å². The molecule has 7 heteroatoms. The van der Waals surface area contributed by atoms with E-state index in [9.17, 15) is 9.59 Å². The van der Waals surface area contributed by atoms with Gasteiger partial charge in [-0.2, -0.15) is 5.10 Å². The molecule has 0 atom stereocenters. The molecule has 2 aromatic rings. The lowest BCUT2D eigenvalue weighted by Crippen LogP contribution is -2.13. The van der Waals surface area contributed by atoms with Crippen LogP contribution >= 0.6 is 0 Å². The summed E-state index contributed by atoms with van der Waals surface area (Å²) in [7, 11) is 0. The van der Waals surface area contributed by atoms with E-state index in [2.05, 4.69) is 15.4 Å². The zero-order valence-corrected chi connectivity index (χ0v) is 9.28. The minimum Gasteiger partial charge on any atom is -0.480 e. The average molecular weight is 246 g/mol. The van der Waals surface area contributed by atoms with Gasteiger partial charge in [0.25, 0.3) is 5.91 Å². The zero-order chi connectivity index (χ0) is 13.0. The van der Waals surface area contributed by atoms with E-state index in [1.807, 2.05) is 0 Å². The topological polar surface area (TPSA) is 97.1 Å². The van der Waals surface area contributed by atoms with E-state index in [1.165, 1.54) is 23.3 Å². The molecule has 0 aromatic carbocycles. The number of aromatic nitrogens is 3. The molecule has 0 aliphatic heterocycles. The molecule has 2 aromatic heterocycles. The first-order valence-electron chi connectivity index (χ1n) is 5.12. The summed E-state index contributed by atoms with van der Waals surface area (Å²) in [5, 5.41) is 15.0. The fourth-order valence-corrected chi connectivity index (χ4v) is 1.35. The SMILES string of the molecule is O=C(O)Cn1cc(NC(=O)c2ccccn2)cn1. The Hall–Kier alpha value is -2.70. The summed E-state index contributed by atoms with van der Waals surface area (Å²) in [4.78, 5) is 26.1. The summed E-state index contributed by atoms with van der Waals surface area (Å²) in [5.41, 5.74) is 0.704. The van der Waals surface area contributed by atoms with E-state index in [0.29, 0.717) is 5.69 Å². The highest BCUT2D eigenvalue weighted by atomic mass is 16.4. The Morgan fingerprint density at radius 3 is 2.89 bits per heavy atom. The number of nitrogens with zero attached hydrogens (tertiary/aromatic N) is 3. The number of carbonyl (C=O) groups is 2. The van der Waals surface area contributed by atoms with Gasteiger partial charge in [-0.25, -0.2) is 0 Å². The van der Waals surface area contributed by atoms with Crippen molar-refractivity contribution in [2.45, 2.75) is 6.54 Å². The van der Waals surface area contributed by atoms with Crippen molar-refractivity contribution in [3.05, 3.63) is 42.5 Å². The van der Waals surface area contributed by atoms with Crippen LogP contribution in [0.15, 0.2) is 36.8 Å². The number of nitrogens with one attached hydrogen (secondary N) is 1. The molecule has 2 heterocycles. The molecule has 2 N–H and O–H groups in total. The normalized spacial score (nSPS) is 10.0. The first kappa shape index (κ1) is 11.8. The first-order valence-corrected chi connectivity index (χ1v) is 5.12. The van der Waals surface area contributed by atoms with Crippen LogP contribution < -0.4 is 5.32 Å². The third-order valence-electron chi connectivity index (χ3n) is 2.09. The van der Waals surface area contributed by atoms with E-state index in [1.54, 1.807) is 18.2 Å². The van der Waals surface area contributed by atoms with Crippen molar-refractivity contribution in [1.29, 1.82) is 0 Å². The number of rotatable bonds is 4. The minimum atomic E-state index is -0.999. The molecule has 0 bridgehead atoms. The third-order valence-corrected chi connectivity index (χ3v) is 2.09. The molecule has 0 unspecified atom stereocenters. The Labute approximate surface area is 102 Å². The largest absolute Gasteiger partial charge is 0.480 e. The molecule has 92 valence electrons. The third kappa shape index (κ3) is 2.91. The average Bonchev–Trinajstić information content (AvgIpc) is 2.76. The lowest BCUT2D eigenvalue weighted by atomic mass is 10.3. The zero-order valence-electron chi connectivity index (χ0n) is 9.28. The Bertz CT molecular complexity index is 565. The molecule has 18 heavy (non-hydrogen) atoms. The Balaban J connectivity index is 2.04. The summed E-state index contributed by atoms with van der Waals surface area (Å²) in [5.74, 6) is -1.37. The van der Waals surface area contributed by atoms with Crippen molar-refractivity contribution < 1.29 is 14.7 Å². The number of aliphatic carboxylic acids is 1. The van der Waals surface area contributed by atoms with Gasteiger partial charge >= 0.3 is 5.97 Å². The van der Waals surface area contributed by atoms with Gasteiger partial charge in [-0.05, 0) is 12.1 Å². The maximum absolute atomic E-state index is 11.7. The summed E-state index contributed by atoms with van der Waals surface area (Å²) < 4.78 is 1.22. The molecule has 0 spiro atoms. The molecule has 1 amide bonds. The van der Waals surface area contributed by atoms with Crippen molar-refractivity contribution in [3.63, 3.8) is 0 Å². The van der Waals surface area contributed by atoms with Crippen LogP contribution in [-0.2, 0) is 11.3 Å². The van der Waals surface area contributed by atoms with Gasteiger partial charge in [0.2, 0.25) is 0 Å². The van der Waals surface area contributed by atoms with Crippen LogP contribution in [0.25, 0.3) is 0 Å². The van der Waals surface area contributed by atoms with Gasteiger partial charge in [-0.3, -0.25) is 19.3 Å². The number of hydrogen-bond acceptors (Lipinski definition) is 4. The van der Waals surface area contributed by atoms with Gasteiger partial charge in [-0.15, -0.1) is 0 Å². The number of carbonyl (C=O) groups excluding carboxylic acids is 1. The van der Waals surface area contributed by atoms with Crippen molar-refractivity contribution in [1.82, 2.24) is 14.8 Å². The number of amides is 1. The van der Waals surface area contributed by atoms with E-state index < -0.39 is 5.97 Å². The van der Waals surface area contributed by atoms with Crippen molar-refractivity contribution >= 4 is 17.6 Å². The second-order valence-corrected chi connectivity index (χ2v) is 3.49. The van der Waals surface area contributed by atoms with Crippen LogP contribution in [0.1, 0.15) is 10.5 Å². The molecule has 0 aliphatic rings. The van der Waals surface area contributed by atoms with E-state index in [0.717, 1.165) is 0 Å². The van der Waals surface area contributed by atoms with Crippen LogP contribution in [0.5, 0.6) is 0 Å². The van der Waals surface area contributed by atoms with Gasteiger partial charge in [0, 0.05) is 12.4 Å². The highest BCUT2D eigenvalue weighted by Crippen LogP contribution is 2.06. The predicted octanol–water partition coefficient (Wildman–Crippen LogP) is 0.615. The highest BCUT2D eigenvalue weighted by molar-refractivity contribution is 6.02. The predicted molar refractivity (Wildman–Crippen MR) is 62.1 cm³/mol. The number of carboxylic acid groups (broad SMARTS) is 1. The fourth-order valence-electron chi connectivity index (χ4n) is 1.35. The summed E-state index contributed by atoms with van der Waals surface area (Å²) >= 11 is 0. The van der Waals surface area contributed by atoms with Crippen LogP contribution in [0, 0.1) is 0 Å². The Kier molecular flexibility index (Phi) is 3.33. The lowest BCUT2D eigenvalue weighted by molar-refractivity contribution is -0.137. The van der Waals surface area contributed by atoms with Gasteiger partial charge < -0.3 is 10.4 Å². The quantitative estimate of drug-likeness (QED) is 0.824. The standard InChI is InChI=1S/C11H10N4O3/c16-10(17)7-15-6-8(5-13-15)14-11(18)9-3-1-2-4-12-9/h1-6H,7H2,(H,14,18)(H,16,17). The second-order valence-electron chi connectivity index (χ2n) is 3.49. The molecule has 0 radical (unpaired) electrons. The van der Waals surface area contributed by atoms with Gasteiger partial charge in [0.1, 0.15) is 12.2 Å². The van der Waals surface area contributed by atoms with Gasteiger partial charge in [0.15, 0.2) is 0 Å². The fraction of sp³-hybridized carbons (Fsp3) is 0.0909. The van der Waals surface area contributed by atoms with Crippen LogP contribution in [0.4, 0.5) is 5.69 Å². The number of anilines is 1. The molecule has 0 aliphatic carbocycles. The van der Waals surface area contributed by atoms with E-state index in [4.69, 9.17) is 5.11 Å². The lowest BCUT2D eigenvalue weighted by Gasteiger charge is -2.00. The molecular formula is C11H10N4O3. The summed E-state index contributed by atoms with van der Waals surface area (Å²) in [6, 6.07) is 4.99. The van der Waals surface area contributed by atoms with Crippen molar-refractivity contribution in [3.8, 4) is 0 Å². The van der Waals surface area contributed by atoms with Crippen molar-refractivity contribution in [2.75, 3.05) is 5.32 Å². The first-order chi connectivity index (χ1) is 8.65. The monoisotopic (exact) mass is 246 g/mol. The van der Waals surface area contributed by atoms with Crippen LogP contribution in [-0.4, -0.2) is 31.7 Å². The Morgan fingerprint density at radius 1 is 1.39 bits per heavy atom. The number of carboxylic acids is 1. The van der Waals surface area contributed by atoms with E-state index in [-0.39, 0.29) is 18.1 Å². The molecule has 0 saturated heterocycles. The molecule has 0 fully saturated rings. The van der Waals surface area contributed by atoms with Crippen molar-refractivity contribution in [2.24, 2.45) is 0 Å².